The Kier molecular flexibility index (Phi) is 5.17. The van der Waals surface area contributed by atoms with E-state index in [-0.39, 0.29) is 17.9 Å². The highest BCUT2D eigenvalue weighted by Crippen LogP contribution is 2.31. The minimum atomic E-state index is -0.540. The minimum absolute atomic E-state index is 0.0802. The van der Waals surface area contributed by atoms with Crippen molar-refractivity contribution in [2.24, 2.45) is 5.16 Å². The summed E-state index contributed by atoms with van der Waals surface area (Å²) < 4.78 is 5.01. The molecule has 0 bridgehead atoms. The van der Waals surface area contributed by atoms with E-state index in [2.05, 4.69) is 10.1 Å². The fourth-order valence-corrected chi connectivity index (χ4v) is 2.88. The zero-order valence-corrected chi connectivity index (χ0v) is 13.2. The molecule has 1 aromatic rings. The van der Waals surface area contributed by atoms with E-state index in [1.165, 1.54) is 17.8 Å². The van der Waals surface area contributed by atoms with Gasteiger partial charge in [0.15, 0.2) is 5.13 Å². The molecule has 0 saturated heterocycles. The lowest BCUT2D eigenvalue weighted by Gasteiger charge is -2.30. The molecule has 6 nitrogen and oxygen atoms in total. The number of thiazole rings is 1. The zero-order valence-electron chi connectivity index (χ0n) is 12.4. The van der Waals surface area contributed by atoms with Gasteiger partial charge in [0.05, 0.1) is 6.61 Å². The van der Waals surface area contributed by atoms with Gasteiger partial charge in [0.1, 0.15) is 11.3 Å². The van der Waals surface area contributed by atoms with Gasteiger partial charge in [0.2, 0.25) is 5.71 Å². The average Bonchev–Trinajstić information content (AvgIpc) is 2.86. The van der Waals surface area contributed by atoms with E-state index in [4.69, 9.17) is 15.3 Å². The summed E-state index contributed by atoms with van der Waals surface area (Å²) in [4.78, 5) is 21.8. The summed E-state index contributed by atoms with van der Waals surface area (Å²) in [6.45, 7) is 4.04. The smallest absolute Gasteiger partial charge is 0.362 e. The minimum Gasteiger partial charge on any atom is -0.461 e. The first-order chi connectivity index (χ1) is 10.0. The number of aromatic nitrogens is 1. The molecule has 1 heterocycles. The number of nitrogen functional groups attached to an aromatic ring is 1. The number of esters is 1. The van der Waals surface area contributed by atoms with Gasteiger partial charge in [-0.15, -0.1) is 11.3 Å². The molecule has 21 heavy (non-hydrogen) atoms. The van der Waals surface area contributed by atoms with Gasteiger partial charge in [-0.1, -0.05) is 11.6 Å². The van der Waals surface area contributed by atoms with Gasteiger partial charge in [-0.3, -0.25) is 0 Å². The second kappa shape index (κ2) is 6.89. The Bertz CT molecular complexity index is 521. The number of nitrogens with two attached hydrogens (primary N) is 1. The van der Waals surface area contributed by atoms with E-state index >= 15 is 0 Å². The molecule has 1 aliphatic carbocycles. The summed E-state index contributed by atoms with van der Waals surface area (Å²) in [5.41, 5.74) is 5.77. The van der Waals surface area contributed by atoms with Crippen molar-refractivity contribution in [3.63, 3.8) is 0 Å². The van der Waals surface area contributed by atoms with Gasteiger partial charge in [-0.25, -0.2) is 9.78 Å². The standard InChI is InChI=1S/C14H21N3O3S/c1-3-19-12(18)11(10-9-21-13(15)16-10)17-20-14(2)7-5-4-6-8-14/h9H,3-8H2,1-2H3,(H2,15,16)/b17-11-. The Morgan fingerprint density at radius 3 is 2.76 bits per heavy atom. The fourth-order valence-electron chi connectivity index (χ4n) is 2.33. The number of carbonyl (C=O) groups is 1. The second-order valence-corrected chi connectivity index (χ2v) is 6.22. The first-order valence-corrected chi connectivity index (χ1v) is 8.07. The summed E-state index contributed by atoms with van der Waals surface area (Å²) in [5, 5.41) is 6.11. The molecule has 2 rings (SSSR count). The van der Waals surface area contributed by atoms with Gasteiger partial charge in [0, 0.05) is 5.38 Å². The van der Waals surface area contributed by atoms with E-state index in [0.717, 1.165) is 25.7 Å². The third-order valence-corrected chi connectivity index (χ3v) is 4.18. The van der Waals surface area contributed by atoms with Crippen molar-refractivity contribution in [1.82, 2.24) is 4.98 Å². The van der Waals surface area contributed by atoms with Crippen molar-refractivity contribution in [3.05, 3.63) is 11.1 Å². The Morgan fingerprint density at radius 1 is 1.48 bits per heavy atom. The molecule has 116 valence electrons. The van der Waals surface area contributed by atoms with Crippen LogP contribution in [0.3, 0.4) is 0 Å². The van der Waals surface area contributed by atoms with Crippen molar-refractivity contribution in [3.8, 4) is 0 Å². The molecule has 0 amide bonds. The molecule has 0 aromatic carbocycles. The Balaban J connectivity index is 2.18. The summed E-state index contributed by atoms with van der Waals surface area (Å²) >= 11 is 1.25. The molecule has 7 heteroatoms. The Morgan fingerprint density at radius 2 is 2.19 bits per heavy atom. The molecule has 1 aromatic heterocycles. The van der Waals surface area contributed by atoms with E-state index in [0.29, 0.717) is 10.8 Å². The number of oxime groups is 1. The van der Waals surface area contributed by atoms with Crippen molar-refractivity contribution in [2.75, 3.05) is 12.3 Å². The quantitative estimate of drug-likeness (QED) is 0.513. The highest BCUT2D eigenvalue weighted by molar-refractivity contribution is 7.13. The van der Waals surface area contributed by atoms with Gasteiger partial charge in [-0.05, 0) is 39.5 Å². The summed E-state index contributed by atoms with van der Waals surface area (Å²) in [6.07, 6.45) is 5.32. The summed E-state index contributed by atoms with van der Waals surface area (Å²) in [7, 11) is 0. The van der Waals surface area contributed by atoms with Crippen LogP contribution in [0.1, 0.15) is 51.6 Å². The number of hydrogen-bond acceptors (Lipinski definition) is 7. The predicted molar refractivity (Wildman–Crippen MR) is 82.3 cm³/mol. The lowest BCUT2D eigenvalue weighted by molar-refractivity contribution is -0.135. The van der Waals surface area contributed by atoms with Crippen molar-refractivity contribution < 1.29 is 14.4 Å². The van der Waals surface area contributed by atoms with E-state index in [1.54, 1.807) is 12.3 Å². The monoisotopic (exact) mass is 311 g/mol. The van der Waals surface area contributed by atoms with Gasteiger partial charge in [0.25, 0.3) is 0 Å². The van der Waals surface area contributed by atoms with E-state index in [1.807, 2.05) is 6.92 Å². The highest BCUT2D eigenvalue weighted by Gasteiger charge is 2.30. The van der Waals surface area contributed by atoms with E-state index in [9.17, 15) is 4.79 Å². The normalized spacial score (nSPS) is 18.3. The number of anilines is 1. The van der Waals surface area contributed by atoms with Crippen LogP contribution in [0.2, 0.25) is 0 Å². The Hall–Kier alpha value is -1.63. The van der Waals surface area contributed by atoms with Crippen LogP contribution >= 0.6 is 11.3 Å². The highest BCUT2D eigenvalue weighted by atomic mass is 32.1. The predicted octanol–water partition coefficient (Wildman–Crippen LogP) is 2.73. The molecular formula is C14H21N3O3S. The van der Waals surface area contributed by atoms with Crippen LogP contribution in [0.15, 0.2) is 10.5 Å². The molecule has 0 aliphatic heterocycles. The number of rotatable bonds is 5. The molecule has 1 aliphatic rings. The molecule has 2 N–H and O–H groups in total. The first-order valence-electron chi connectivity index (χ1n) is 7.19. The molecule has 1 fully saturated rings. The third kappa shape index (κ3) is 4.17. The van der Waals surface area contributed by atoms with E-state index < -0.39 is 5.97 Å². The van der Waals surface area contributed by atoms with Crippen LogP contribution in [0.5, 0.6) is 0 Å². The van der Waals surface area contributed by atoms with Crippen LogP contribution in [0.4, 0.5) is 5.13 Å². The van der Waals surface area contributed by atoms with Crippen molar-refractivity contribution >= 4 is 28.1 Å². The summed E-state index contributed by atoms with van der Waals surface area (Å²) in [5.74, 6) is -0.540. The van der Waals surface area contributed by atoms with Gasteiger partial charge in [-0.2, -0.15) is 0 Å². The number of carbonyl (C=O) groups excluding carboxylic acids is 1. The molecular weight excluding hydrogens is 290 g/mol. The SMILES string of the molecule is CCOC(=O)/C(=N\OC1(C)CCCCC1)c1csc(N)n1. The lowest BCUT2D eigenvalue weighted by atomic mass is 9.87. The molecule has 0 spiro atoms. The van der Waals surface area contributed by atoms with Crippen molar-refractivity contribution in [2.45, 2.75) is 51.6 Å². The second-order valence-electron chi connectivity index (χ2n) is 5.33. The average molecular weight is 311 g/mol. The van der Waals surface area contributed by atoms with Crippen LogP contribution < -0.4 is 5.73 Å². The first kappa shape index (κ1) is 15.8. The summed E-state index contributed by atoms with van der Waals surface area (Å²) in [6, 6.07) is 0. The number of ether oxygens (including phenoxy) is 1. The molecule has 1 saturated carbocycles. The van der Waals surface area contributed by atoms with Crippen LogP contribution in [-0.2, 0) is 14.4 Å². The number of nitrogens with zero attached hydrogens (tertiary/aromatic N) is 2. The fraction of sp³-hybridized carbons (Fsp3) is 0.643. The number of hydrogen-bond donors (Lipinski definition) is 1. The van der Waals surface area contributed by atoms with Crippen LogP contribution in [0.25, 0.3) is 0 Å². The maximum atomic E-state index is 12.0. The molecule has 0 unspecified atom stereocenters. The zero-order chi connectivity index (χ0) is 15.3. The lowest BCUT2D eigenvalue weighted by Crippen LogP contribution is -2.31. The topological polar surface area (TPSA) is 86.8 Å². The van der Waals surface area contributed by atoms with Crippen molar-refractivity contribution in [1.29, 1.82) is 0 Å². The molecule has 0 atom stereocenters. The van der Waals surface area contributed by atoms with Crippen LogP contribution in [0, 0.1) is 0 Å². The van der Waals surface area contributed by atoms with Gasteiger partial charge >= 0.3 is 5.97 Å². The molecule has 0 radical (unpaired) electrons. The maximum Gasteiger partial charge on any atom is 0.362 e. The maximum absolute atomic E-state index is 12.0. The van der Waals surface area contributed by atoms with Crippen LogP contribution in [-0.4, -0.2) is 28.9 Å². The van der Waals surface area contributed by atoms with Gasteiger partial charge < -0.3 is 15.3 Å². The largest absolute Gasteiger partial charge is 0.461 e. The Labute approximate surface area is 128 Å². The third-order valence-electron chi connectivity index (χ3n) is 3.50.